The summed E-state index contributed by atoms with van der Waals surface area (Å²) in [6.07, 6.45) is 0.514. The molecule has 0 unspecified atom stereocenters. The van der Waals surface area contributed by atoms with Crippen LogP contribution in [0.4, 0.5) is 15.8 Å². The molecule has 8 nitrogen and oxygen atoms in total. The zero-order valence-electron chi connectivity index (χ0n) is 15.0. The number of nitrogens with zero attached hydrogens (tertiary/aromatic N) is 2. The van der Waals surface area contributed by atoms with Gasteiger partial charge in [-0.3, -0.25) is 14.9 Å². The number of carbonyl (C=O) groups is 1. The van der Waals surface area contributed by atoms with Crippen LogP contribution in [0.3, 0.4) is 0 Å². The van der Waals surface area contributed by atoms with Crippen molar-refractivity contribution in [2.24, 2.45) is 5.92 Å². The second-order valence-electron chi connectivity index (χ2n) is 6.55. The molecule has 0 aliphatic carbocycles. The monoisotopic (exact) mass is 441 g/mol. The van der Waals surface area contributed by atoms with Gasteiger partial charge in [-0.2, -0.15) is 4.31 Å². The Kier molecular flexibility index (Phi) is 6.15. The van der Waals surface area contributed by atoms with Crippen molar-refractivity contribution < 1.29 is 22.5 Å². The molecule has 0 atom stereocenters. The maximum absolute atomic E-state index is 13.2. The summed E-state index contributed by atoms with van der Waals surface area (Å²) in [7, 11) is -4.05. The maximum Gasteiger partial charge on any atom is 0.270 e. The van der Waals surface area contributed by atoms with E-state index in [4.69, 9.17) is 11.6 Å². The van der Waals surface area contributed by atoms with E-state index in [0.29, 0.717) is 5.69 Å². The Morgan fingerprint density at radius 1 is 1.21 bits per heavy atom. The fraction of sp³-hybridized carbons (Fsp3) is 0.278. The van der Waals surface area contributed by atoms with Crippen LogP contribution >= 0.6 is 11.6 Å². The van der Waals surface area contributed by atoms with Crippen LogP contribution < -0.4 is 5.32 Å². The number of benzene rings is 2. The van der Waals surface area contributed by atoms with Gasteiger partial charge in [-0.25, -0.2) is 12.8 Å². The van der Waals surface area contributed by atoms with Crippen LogP contribution in [0, 0.1) is 21.8 Å². The summed E-state index contributed by atoms with van der Waals surface area (Å²) in [5, 5.41) is 13.5. The lowest BCUT2D eigenvalue weighted by Gasteiger charge is -2.30. The minimum Gasteiger partial charge on any atom is -0.326 e. The van der Waals surface area contributed by atoms with E-state index in [-0.39, 0.29) is 47.4 Å². The SMILES string of the molecule is O=C(Nc1cccc(F)c1)C1CCN(S(=O)(=O)c2cc([N+](=O)[O-])ccc2Cl)CC1. The van der Waals surface area contributed by atoms with E-state index < -0.39 is 26.7 Å². The maximum atomic E-state index is 13.2. The zero-order chi connectivity index (χ0) is 21.2. The van der Waals surface area contributed by atoms with Crippen molar-refractivity contribution in [1.82, 2.24) is 4.31 Å². The quantitative estimate of drug-likeness (QED) is 0.564. The number of hydrogen-bond acceptors (Lipinski definition) is 5. The van der Waals surface area contributed by atoms with E-state index in [1.807, 2.05) is 0 Å². The first-order chi connectivity index (χ1) is 13.7. The van der Waals surface area contributed by atoms with Gasteiger partial charge in [-0.05, 0) is 37.1 Å². The fourth-order valence-corrected chi connectivity index (χ4v) is 5.08. The molecular weight excluding hydrogens is 425 g/mol. The zero-order valence-corrected chi connectivity index (χ0v) is 16.6. The highest BCUT2D eigenvalue weighted by atomic mass is 35.5. The lowest BCUT2D eigenvalue weighted by molar-refractivity contribution is -0.385. The van der Waals surface area contributed by atoms with E-state index in [9.17, 15) is 27.7 Å². The van der Waals surface area contributed by atoms with Crippen molar-refractivity contribution in [3.63, 3.8) is 0 Å². The molecule has 0 spiro atoms. The van der Waals surface area contributed by atoms with Crippen LogP contribution in [-0.4, -0.2) is 36.6 Å². The van der Waals surface area contributed by atoms with Crippen molar-refractivity contribution >= 4 is 38.9 Å². The number of hydrogen-bond donors (Lipinski definition) is 1. The Morgan fingerprint density at radius 3 is 2.52 bits per heavy atom. The summed E-state index contributed by atoms with van der Waals surface area (Å²) in [5.41, 5.74) is -0.0502. The molecule has 1 heterocycles. The van der Waals surface area contributed by atoms with Crippen molar-refractivity contribution in [3.8, 4) is 0 Å². The average molecular weight is 442 g/mol. The molecule has 0 aromatic heterocycles. The van der Waals surface area contributed by atoms with Crippen molar-refractivity contribution in [2.45, 2.75) is 17.7 Å². The fourth-order valence-electron chi connectivity index (χ4n) is 3.11. The normalized spacial score (nSPS) is 15.8. The van der Waals surface area contributed by atoms with Gasteiger partial charge < -0.3 is 5.32 Å². The van der Waals surface area contributed by atoms with E-state index in [0.717, 1.165) is 16.4 Å². The summed E-state index contributed by atoms with van der Waals surface area (Å²) in [5.74, 6) is -1.23. The Labute approximate surface area is 171 Å². The van der Waals surface area contributed by atoms with Gasteiger partial charge in [0.25, 0.3) is 5.69 Å². The molecule has 3 rings (SSSR count). The number of nitro groups is 1. The predicted molar refractivity (Wildman–Crippen MR) is 105 cm³/mol. The van der Waals surface area contributed by atoms with Gasteiger partial charge in [0.2, 0.25) is 15.9 Å². The number of sulfonamides is 1. The topological polar surface area (TPSA) is 110 Å². The molecule has 1 saturated heterocycles. The van der Waals surface area contributed by atoms with E-state index in [2.05, 4.69) is 5.32 Å². The Bertz CT molecular complexity index is 1060. The van der Waals surface area contributed by atoms with Crippen molar-refractivity contribution in [1.29, 1.82) is 0 Å². The second kappa shape index (κ2) is 8.44. The molecule has 2 aromatic carbocycles. The molecule has 1 N–H and O–H groups in total. The van der Waals surface area contributed by atoms with Gasteiger partial charge in [0.1, 0.15) is 10.7 Å². The average Bonchev–Trinajstić information content (AvgIpc) is 2.68. The third-order valence-electron chi connectivity index (χ3n) is 4.66. The van der Waals surface area contributed by atoms with E-state index in [1.165, 1.54) is 24.3 Å². The molecule has 154 valence electrons. The number of rotatable bonds is 5. The Balaban J connectivity index is 1.69. The van der Waals surface area contributed by atoms with Crippen LogP contribution in [0.25, 0.3) is 0 Å². The smallest absolute Gasteiger partial charge is 0.270 e. The minimum atomic E-state index is -4.05. The molecular formula is C18H17ClFN3O5S. The molecule has 29 heavy (non-hydrogen) atoms. The highest BCUT2D eigenvalue weighted by Crippen LogP contribution is 2.31. The molecule has 1 aliphatic heterocycles. The summed E-state index contributed by atoms with van der Waals surface area (Å²) in [6.45, 7) is 0.116. The van der Waals surface area contributed by atoms with Crippen LogP contribution in [0.15, 0.2) is 47.4 Å². The summed E-state index contributed by atoms with van der Waals surface area (Å²) in [4.78, 5) is 22.3. The lowest BCUT2D eigenvalue weighted by atomic mass is 9.97. The minimum absolute atomic E-state index is 0.0581. The molecule has 2 aromatic rings. The van der Waals surface area contributed by atoms with Gasteiger partial charge in [0.05, 0.1) is 9.95 Å². The van der Waals surface area contributed by atoms with Crippen LogP contribution in [0.1, 0.15) is 12.8 Å². The molecule has 1 amide bonds. The number of carbonyl (C=O) groups excluding carboxylic acids is 1. The number of nitrogens with one attached hydrogen (secondary N) is 1. The highest BCUT2D eigenvalue weighted by molar-refractivity contribution is 7.89. The van der Waals surface area contributed by atoms with Gasteiger partial charge >= 0.3 is 0 Å². The van der Waals surface area contributed by atoms with Gasteiger partial charge in [0.15, 0.2) is 0 Å². The van der Waals surface area contributed by atoms with Crippen molar-refractivity contribution in [3.05, 3.63) is 63.4 Å². The lowest BCUT2D eigenvalue weighted by Crippen LogP contribution is -2.41. The van der Waals surface area contributed by atoms with Crippen LogP contribution in [-0.2, 0) is 14.8 Å². The van der Waals surface area contributed by atoms with E-state index >= 15 is 0 Å². The number of anilines is 1. The van der Waals surface area contributed by atoms with Crippen LogP contribution in [0.2, 0.25) is 5.02 Å². The first-order valence-electron chi connectivity index (χ1n) is 8.69. The third kappa shape index (κ3) is 4.72. The van der Waals surface area contributed by atoms with Gasteiger partial charge in [-0.15, -0.1) is 0 Å². The van der Waals surface area contributed by atoms with Gasteiger partial charge in [0, 0.05) is 36.8 Å². The number of piperidine rings is 1. The molecule has 1 aliphatic rings. The molecule has 0 bridgehead atoms. The Morgan fingerprint density at radius 2 is 1.90 bits per heavy atom. The second-order valence-corrected chi connectivity index (χ2v) is 8.86. The standard InChI is InChI=1S/C18H17ClFN3O5S/c19-16-5-4-15(23(25)26)11-17(16)29(27,28)22-8-6-12(7-9-22)18(24)21-14-3-1-2-13(20)10-14/h1-5,10-12H,6-9H2,(H,21,24). The first kappa shape index (κ1) is 21.2. The van der Waals surface area contributed by atoms with Crippen LogP contribution in [0.5, 0.6) is 0 Å². The number of non-ortho nitro benzene ring substituents is 1. The molecule has 0 radical (unpaired) electrons. The van der Waals surface area contributed by atoms with Crippen molar-refractivity contribution in [2.75, 3.05) is 18.4 Å². The predicted octanol–water partition coefficient (Wildman–Crippen LogP) is 3.43. The largest absolute Gasteiger partial charge is 0.326 e. The van der Waals surface area contributed by atoms with E-state index in [1.54, 1.807) is 6.07 Å². The number of halogens is 2. The summed E-state index contributed by atoms with van der Waals surface area (Å²) >= 11 is 5.96. The third-order valence-corrected chi connectivity index (χ3v) is 7.04. The first-order valence-corrected chi connectivity index (χ1v) is 10.5. The summed E-state index contributed by atoms with van der Waals surface area (Å²) < 4.78 is 40.1. The molecule has 1 fully saturated rings. The number of amides is 1. The highest BCUT2D eigenvalue weighted by Gasteiger charge is 2.34. The molecule has 0 saturated carbocycles. The Hall–Kier alpha value is -2.56. The van der Waals surface area contributed by atoms with Gasteiger partial charge in [-0.1, -0.05) is 17.7 Å². The summed E-state index contributed by atoms with van der Waals surface area (Å²) in [6, 6.07) is 8.73. The molecule has 11 heteroatoms. The number of nitro benzene ring substituents is 1.